The van der Waals surface area contributed by atoms with Gasteiger partial charge in [0.05, 0.1) is 6.54 Å². The van der Waals surface area contributed by atoms with E-state index in [4.69, 9.17) is 4.99 Å². The predicted octanol–water partition coefficient (Wildman–Crippen LogP) is 4.72. The zero-order chi connectivity index (χ0) is 20.5. The zero-order valence-electron chi connectivity index (χ0n) is 18.0. The van der Waals surface area contributed by atoms with E-state index in [1.807, 2.05) is 19.3 Å². The minimum absolute atomic E-state index is 0. The molecule has 0 radical (unpaired) electrons. The van der Waals surface area contributed by atoms with E-state index in [2.05, 4.69) is 88.6 Å². The number of guanidine groups is 1. The number of rotatable bonds is 8. The number of benzene rings is 2. The van der Waals surface area contributed by atoms with E-state index in [1.54, 1.807) is 0 Å². The monoisotopic (exact) mass is 517 g/mol. The molecule has 3 aromatic rings. The fourth-order valence-corrected chi connectivity index (χ4v) is 3.26. The summed E-state index contributed by atoms with van der Waals surface area (Å²) in [7, 11) is 0. The first-order valence-corrected chi connectivity index (χ1v) is 10.3. The molecule has 3 rings (SSSR count). The molecule has 160 valence electrons. The molecule has 0 aliphatic heterocycles. The van der Waals surface area contributed by atoms with E-state index in [9.17, 15) is 0 Å². The lowest BCUT2D eigenvalue weighted by Crippen LogP contribution is -2.39. The average Bonchev–Trinajstić information content (AvgIpc) is 3.15. The molecule has 6 heteroatoms. The third-order valence-electron chi connectivity index (χ3n) is 4.98. The highest BCUT2D eigenvalue weighted by Gasteiger charge is 2.06. The number of hydrogen-bond acceptors (Lipinski definition) is 2. The SMILES string of the molecule is CCNC(=NCc1cccc(Cn2ccnc2C)c1)NCC(C)c1ccccc1.I. The Morgan fingerprint density at radius 1 is 1.07 bits per heavy atom. The molecule has 1 atom stereocenters. The lowest BCUT2D eigenvalue weighted by atomic mass is 10.0. The van der Waals surface area contributed by atoms with Crippen LogP contribution in [0.15, 0.2) is 72.0 Å². The second kappa shape index (κ2) is 12.4. The molecule has 5 nitrogen and oxygen atoms in total. The van der Waals surface area contributed by atoms with Gasteiger partial charge in [0.1, 0.15) is 5.82 Å². The van der Waals surface area contributed by atoms with Crippen LogP contribution < -0.4 is 10.6 Å². The van der Waals surface area contributed by atoms with Crippen molar-refractivity contribution in [2.75, 3.05) is 13.1 Å². The maximum atomic E-state index is 4.78. The molecule has 1 heterocycles. The molecule has 0 aliphatic rings. The minimum atomic E-state index is 0. The number of imidazole rings is 1. The van der Waals surface area contributed by atoms with Crippen molar-refractivity contribution in [3.63, 3.8) is 0 Å². The van der Waals surface area contributed by atoms with Gasteiger partial charge < -0.3 is 15.2 Å². The van der Waals surface area contributed by atoms with Gasteiger partial charge in [-0.2, -0.15) is 0 Å². The molecule has 0 saturated carbocycles. The van der Waals surface area contributed by atoms with Crippen LogP contribution in [0.4, 0.5) is 0 Å². The van der Waals surface area contributed by atoms with Crippen molar-refractivity contribution in [2.24, 2.45) is 4.99 Å². The molecule has 0 fully saturated rings. The summed E-state index contributed by atoms with van der Waals surface area (Å²) in [5.74, 6) is 2.30. The van der Waals surface area contributed by atoms with Crippen LogP contribution in [-0.4, -0.2) is 28.6 Å². The maximum Gasteiger partial charge on any atom is 0.191 e. The molecule has 0 spiro atoms. The van der Waals surface area contributed by atoms with E-state index >= 15 is 0 Å². The van der Waals surface area contributed by atoms with Crippen LogP contribution in [0.1, 0.15) is 42.3 Å². The van der Waals surface area contributed by atoms with Crippen LogP contribution in [0, 0.1) is 6.92 Å². The van der Waals surface area contributed by atoms with Crippen molar-refractivity contribution >= 4 is 29.9 Å². The summed E-state index contributed by atoms with van der Waals surface area (Å²) >= 11 is 0. The van der Waals surface area contributed by atoms with E-state index in [-0.39, 0.29) is 24.0 Å². The number of aromatic nitrogens is 2. The Morgan fingerprint density at radius 2 is 1.83 bits per heavy atom. The lowest BCUT2D eigenvalue weighted by molar-refractivity contribution is 0.699. The van der Waals surface area contributed by atoms with Crippen molar-refractivity contribution in [2.45, 2.75) is 39.8 Å². The Kier molecular flexibility index (Phi) is 9.86. The molecule has 0 aliphatic carbocycles. The van der Waals surface area contributed by atoms with Gasteiger partial charge in [-0.1, -0.05) is 61.5 Å². The van der Waals surface area contributed by atoms with Crippen molar-refractivity contribution in [1.82, 2.24) is 20.2 Å². The second-order valence-electron chi connectivity index (χ2n) is 7.31. The molecule has 30 heavy (non-hydrogen) atoms. The van der Waals surface area contributed by atoms with E-state index in [1.165, 1.54) is 16.7 Å². The Balaban J connectivity index is 0.00000320. The summed E-state index contributed by atoms with van der Waals surface area (Å²) in [6.45, 7) is 9.50. The summed E-state index contributed by atoms with van der Waals surface area (Å²) in [5, 5.41) is 6.82. The van der Waals surface area contributed by atoms with Crippen LogP contribution in [0.5, 0.6) is 0 Å². The molecule has 1 unspecified atom stereocenters. The third kappa shape index (κ3) is 7.16. The van der Waals surface area contributed by atoms with Crippen molar-refractivity contribution in [3.05, 3.63) is 89.5 Å². The first-order valence-electron chi connectivity index (χ1n) is 10.3. The standard InChI is InChI=1S/C24H31N5.HI/c1-4-25-24(27-16-19(2)23-11-6-5-7-12-23)28-17-21-9-8-10-22(15-21)18-29-14-13-26-20(29)3;/h5-15,19H,4,16-18H2,1-3H3,(H2,25,27,28);1H. The fourth-order valence-electron chi connectivity index (χ4n) is 3.26. The van der Waals surface area contributed by atoms with Crippen LogP contribution in [0.3, 0.4) is 0 Å². The molecule has 0 saturated heterocycles. The van der Waals surface area contributed by atoms with E-state index in [0.29, 0.717) is 12.5 Å². The quantitative estimate of drug-likeness (QED) is 0.259. The fraction of sp³-hybridized carbons (Fsp3) is 0.333. The first-order chi connectivity index (χ1) is 14.2. The van der Waals surface area contributed by atoms with Crippen molar-refractivity contribution in [1.29, 1.82) is 0 Å². The van der Waals surface area contributed by atoms with Crippen molar-refractivity contribution in [3.8, 4) is 0 Å². The molecule has 2 N–H and O–H groups in total. The Hall–Kier alpha value is -2.35. The smallest absolute Gasteiger partial charge is 0.191 e. The van der Waals surface area contributed by atoms with Crippen LogP contribution in [-0.2, 0) is 13.1 Å². The highest BCUT2D eigenvalue weighted by atomic mass is 127. The summed E-state index contributed by atoms with van der Waals surface area (Å²) in [6, 6.07) is 19.2. The van der Waals surface area contributed by atoms with Gasteiger partial charge in [0.15, 0.2) is 5.96 Å². The Labute approximate surface area is 197 Å². The summed E-state index contributed by atoms with van der Waals surface area (Å²) in [5.41, 5.74) is 3.79. The zero-order valence-corrected chi connectivity index (χ0v) is 20.3. The molecular weight excluding hydrogens is 485 g/mol. The molecule has 0 bridgehead atoms. The Bertz CT molecular complexity index is 920. The number of halogens is 1. The van der Waals surface area contributed by atoms with Crippen LogP contribution in [0.2, 0.25) is 0 Å². The van der Waals surface area contributed by atoms with E-state index < -0.39 is 0 Å². The summed E-state index contributed by atoms with van der Waals surface area (Å²) in [6.07, 6.45) is 3.86. The van der Waals surface area contributed by atoms with Gasteiger partial charge in [-0.3, -0.25) is 0 Å². The predicted molar refractivity (Wildman–Crippen MR) is 136 cm³/mol. The number of nitrogens with zero attached hydrogens (tertiary/aromatic N) is 3. The minimum Gasteiger partial charge on any atom is -0.357 e. The first kappa shape index (κ1) is 23.9. The van der Waals surface area contributed by atoms with Gasteiger partial charge in [-0.15, -0.1) is 24.0 Å². The van der Waals surface area contributed by atoms with Gasteiger partial charge in [0.25, 0.3) is 0 Å². The van der Waals surface area contributed by atoms with E-state index in [0.717, 1.165) is 31.4 Å². The third-order valence-corrected chi connectivity index (χ3v) is 4.98. The maximum absolute atomic E-state index is 4.78. The molecule has 2 aromatic carbocycles. The van der Waals surface area contributed by atoms with Crippen LogP contribution >= 0.6 is 24.0 Å². The van der Waals surface area contributed by atoms with Gasteiger partial charge in [-0.25, -0.2) is 9.98 Å². The van der Waals surface area contributed by atoms with Gasteiger partial charge in [-0.05, 0) is 36.5 Å². The number of aliphatic imine (C=N–C) groups is 1. The molecule has 1 aromatic heterocycles. The second-order valence-corrected chi connectivity index (χ2v) is 7.31. The summed E-state index contributed by atoms with van der Waals surface area (Å²) in [4.78, 5) is 9.08. The van der Waals surface area contributed by atoms with Gasteiger partial charge in [0, 0.05) is 32.0 Å². The van der Waals surface area contributed by atoms with Gasteiger partial charge in [0.2, 0.25) is 0 Å². The average molecular weight is 517 g/mol. The highest BCUT2D eigenvalue weighted by molar-refractivity contribution is 14.0. The van der Waals surface area contributed by atoms with Gasteiger partial charge >= 0.3 is 0 Å². The number of nitrogens with one attached hydrogen (secondary N) is 2. The van der Waals surface area contributed by atoms with Crippen molar-refractivity contribution < 1.29 is 0 Å². The van der Waals surface area contributed by atoms with Crippen LogP contribution in [0.25, 0.3) is 0 Å². The molecule has 0 amide bonds. The summed E-state index contributed by atoms with van der Waals surface area (Å²) < 4.78 is 2.15. The normalized spacial score (nSPS) is 12.2. The number of hydrogen-bond donors (Lipinski definition) is 2. The highest BCUT2D eigenvalue weighted by Crippen LogP contribution is 2.13. The topological polar surface area (TPSA) is 54.2 Å². The number of aryl methyl sites for hydroxylation is 1. The molecular formula is C24H32IN5. The largest absolute Gasteiger partial charge is 0.357 e. The lowest BCUT2D eigenvalue weighted by Gasteiger charge is -2.16. The Morgan fingerprint density at radius 3 is 2.53 bits per heavy atom.